The monoisotopic (exact) mass is 282 g/mol. The maximum atomic E-state index is 5.46. The molecule has 102 valence electrons. The first-order chi connectivity index (χ1) is 9.81. The largest absolute Gasteiger partial charge is 0.122 e. The lowest BCUT2D eigenvalue weighted by Gasteiger charge is -1.96. The highest BCUT2D eigenvalue weighted by atomic mass is 35.5. The third-order valence-corrected chi connectivity index (χ3v) is 2.81. The molecule has 2 rings (SSSR count). The van der Waals surface area contributed by atoms with Gasteiger partial charge in [0.25, 0.3) is 0 Å². The van der Waals surface area contributed by atoms with E-state index in [0.29, 0.717) is 5.88 Å². The topological polar surface area (TPSA) is 0 Å². The number of rotatable bonds is 4. The molecule has 0 unspecified atom stereocenters. The summed E-state index contributed by atoms with van der Waals surface area (Å²) in [5.41, 5.74) is 3.47. The molecule has 0 amide bonds. The molecule has 20 heavy (non-hydrogen) atoms. The molecule has 0 saturated carbocycles. The van der Waals surface area contributed by atoms with Crippen LogP contribution in [0.3, 0.4) is 0 Å². The van der Waals surface area contributed by atoms with Gasteiger partial charge in [-0.1, -0.05) is 92.1 Å². The molecule has 0 fully saturated rings. The van der Waals surface area contributed by atoms with Gasteiger partial charge in [0.05, 0.1) is 0 Å². The van der Waals surface area contributed by atoms with Crippen LogP contribution < -0.4 is 0 Å². The van der Waals surface area contributed by atoms with E-state index >= 15 is 0 Å². The van der Waals surface area contributed by atoms with Crippen molar-refractivity contribution >= 4 is 29.8 Å². The Bertz CT molecular complexity index is 526. The molecule has 0 bridgehead atoms. The third-order valence-electron chi connectivity index (χ3n) is 2.63. The Kier molecular flexibility index (Phi) is 7.86. The fraction of sp³-hybridized carbons (Fsp3) is 0.0526. The van der Waals surface area contributed by atoms with E-state index in [1.165, 1.54) is 5.56 Å². The van der Waals surface area contributed by atoms with E-state index in [1.54, 1.807) is 0 Å². The van der Waals surface area contributed by atoms with Crippen molar-refractivity contribution in [1.29, 1.82) is 0 Å². The summed E-state index contributed by atoms with van der Waals surface area (Å²) in [6.07, 6.45) is 7.60. The van der Waals surface area contributed by atoms with Crippen LogP contribution in [0.5, 0.6) is 0 Å². The summed E-state index contributed by atoms with van der Waals surface area (Å²) in [5, 5.41) is 0. The van der Waals surface area contributed by atoms with Gasteiger partial charge in [-0.3, -0.25) is 0 Å². The van der Waals surface area contributed by atoms with Crippen LogP contribution in [0, 0.1) is 0 Å². The summed E-state index contributed by atoms with van der Waals surface area (Å²) < 4.78 is 0. The van der Waals surface area contributed by atoms with Crippen LogP contribution in [0.15, 0.2) is 73.8 Å². The lowest BCUT2D eigenvalue weighted by molar-refractivity contribution is 1.62. The highest BCUT2D eigenvalue weighted by Gasteiger charge is 1.89. The summed E-state index contributed by atoms with van der Waals surface area (Å²) in [4.78, 5) is 0. The number of hydrogen-bond donors (Lipinski definition) is 0. The Morgan fingerprint density at radius 2 is 1.30 bits per heavy atom. The Morgan fingerprint density at radius 3 is 1.75 bits per heavy atom. The van der Waals surface area contributed by atoms with Crippen molar-refractivity contribution in [2.45, 2.75) is 0 Å². The third kappa shape index (κ3) is 5.73. The van der Waals surface area contributed by atoms with Crippen LogP contribution in [-0.2, 0) is 0 Å². The molecule has 0 aliphatic heterocycles. The standard InChI is InChI=1S/C10H10.C9H9Cl/c1-3-9-7-5-6-8-10(9)4-2;10-8-4-7-9-5-2-1-3-6-9/h3-8H,1-2H2;1-7H,8H2. The molecule has 0 radical (unpaired) electrons. The summed E-state index contributed by atoms with van der Waals surface area (Å²) in [6, 6.07) is 18.1. The molecule has 0 spiro atoms. The minimum absolute atomic E-state index is 0.578. The second kappa shape index (κ2) is 9.82. The van der Waals surface area contributed by atoms with E-state index in [1.807, 2.05) is 78.9 Å². The molecule has 0 saturated heterocycles. The maximum Gasteiger partial charge on any atom is 0.0407 e. The van der Waals surface area contributed by atoms with E-state index in [4.69, 9.17) is 11.6 Å². The number of allylic oxidation sites excluding steroid dienone is 1. The van der Waals surface area contributed by atoms with Crippen molar-refractivity contribution in [3.8, 4) is 0 Å². The van der Waals surface area contributed by atoms with Crippen LogP contribution in [0.1, 0.15) is 16.7 Å². The summed E-state index contributed by atoms with van der Waals surface area (Å²) in [7, 11) is 0. The van der Waals surface area contributed by atoms with Crippen molar-refractivity contribution in [2.24, 2.45) is 0 Å². The van der Waals surface area contributed by atoms with Crippen molar-refractivity contribution in [1.82, 2.24) is 0 Å². The molecular weight excluding hydrogens is 264 g/mol. The molecule has 0 atom stereocenters. The van der Waals surface area contributed by atoms with Gasteiger partial charge in [-0.05, 0) is 16.7 Å². The van der Waals surface area contributed by atoms with Gasteiger partial charge in [-0.15, -0.1) is 11.6 Å². The van der Waals surface area contributed by atoms with Gasteiger partial charge in [0.15, 0.2) is 0 Å². The molecular formula is C19H19Cl. The van der Waals surface area contributed by atoms with Crippen LogP contribution in [0.25, 0.3) is 18.2 Å². The Labute approximate surface area is 126 Å². The lowest BCUT2D eigenvalue weighted by atomic mass is 10.1. The zero-order valence-electron chi connectivity index (χ0n) is 11.5. The van der Waals surface area contributed by atoms with Crippen molar-refractivity contribution in [3.63, 3.8) is 0 Å². The predicted molar refractivity (Wildman–Crippen MR) is 92.8 cm³/mol. The smallest absolute Gasteiger partial charge is 0.0407 e. The van der Waals surface area contributed by atoms with Crippen LogP contribution in [0.4, 0.5) is 0 Å². The van der Waals surface area contributed by atoms with Gasteiger partial charge in [-0.25, -0.2) is 0 Å². The van der Waals surface area contributed by atoms with Crippen LogP contribution >= 0.6 is 11.6 Å². The SMILES string of the molecule is C=Cc1ccccc1C=C.ClCC=Cc1ccccc1. The second-order valence-corrected chi connectivity index (χ2v) is 4.31. The van der Waals surface area contributed by atoms with E-state index in [2.05, 4.69) is 13.2 Å². The van der Waals surface area contributed by atoms with Crippen molar-refractivity contribution < 1.29 is 0 Å². The fourth-order valence-electron chi connectivity index (χ4n) is 1.63. The highest BCUT2D eigenvalue weighted by molar-refractivity contribution is 6.19. The summed E-state index contributed by atoms with van der Waals surface area (Å²) >= 11 is 5.46. The first-order valence-electron chi connectivity index (χ1n) is 6.43. The molecule has 0 heterocycles. The molecule has 0 aliphatic carbocycles. The normalized spacial score (nSPS) is 9.65. The molecule has 0 nitrogen and oxygen atoms in total. The van der Waals surface area contributed by atoms with Crippen molar-refractivity contribution in [2.75, 3.05) is 5.88 Å². The molecule has 0 N–H and O–H groups in total. The summed E-state index contributed by atoms with van der Waals surface area (Å²) in [6.45, 7) is 7.38. The molecule has 0 aliphatic rings. The minimum Gasteiger partial charge on any atom is -0.122 e. The zero-order chi connectivity index (χ0) is 14.6. The number of benzene rings is 2. The number of alkyl halides is 1. The van der Waals surface area contributed by atoms with E-state index < -0.39 is 0 Å². The van der Waals surface area contributed by atoms with Gasteiger partial charge >= 0.3 is 0 Å². The van der Waals surface area contributed by atoms with Gasteiger partial charge in [0.1, 0.15) is 0 Å². The lowest BCUT2D eigenvalue weighted by Crippen LogP contribution is -1.76. The first kappa shape index (κ1) is 16.0. The van der Waals surface area contributed by atoms with E-state index in [9.17, 15) is 0 Å². The molecule has 0 aromatic heterocycles. The number of hydrogen-bond acceptors (Lipinski definition) is 0. The fourth-order valence-corrected chi connectivity index (χ4v) is 1.72. The molecule has 2 aromatic carbocycles. The Morgan fingerprint density at radius 1 is 0.800 bits per heavy atom. The van der Waals surface area contributed by atoms with Crippen LogP contribution in [-0.4, -0.2) is 5.88 Å². The number of halogens is 1. The van der Waals surface area contributed by atoms with Gasteiger partial charge in [0.2, 0.25) is 0 Å². The Balaban J connectivity index is 0.000000200. The highest BCUT2D eigenvalue weighted by Crippen LogP contribution is 2.10. The van der Waals surface area contributed by atoms with Gasteiger partial charge in [-0.2, -0.15) is 0 Å². The van der Waals surface area contributed by atoms with Gasteiger partial charge < -0.3 is 0 Å². The quantitative estimate of drug-likeness (QED) is 0.611. The average molecular weight is 283 g/mol. The van der Waals surface area contributed by atoms with Crippen LogP contribution in [0.2, 0.25) is 0 Å². The summed E-state index contributed by atoms with van der Waals surface area (Å²) in [5.74, 6) is 0.578. The van der Waals surface area contributed by atoms with E-state index in [0.717, 1.165) is 11.1 Å². The van der Waals surface area contributed by atoms with Gasteiger partial charge in [0, 0.05) is 5.88 Å². The maximum absolute atomic E-state index is 5.46. The second-order valence-electron chi connectivity index (χ2n) is 4.00. The average Bonchev–Trinajstić information content (AvgIpc) is 2.54. The van der Waals surface area contributed by atoms with Crippen molar-refractivity contribution in [3.05, 3.63) is 90.5 Å². The minimum atomic E-state index is 0.578. The molecule has 1 heteroatoms. The molecule has 2 aromatic rings. The predicted octanol–water partition coefficient (Wildman–Crippen LogP) is 5.91. The zero-order valence-corrected chi connectivity index (χ0v) is 12.3. The Hall–Kier alpha value is -2.05. The van der Waals surface area contributed by atoms with E-state index in [-0.39, 0.29) is 0 Å². The first-order valence-corrected chi connectivity index (χ1v) is 6.96.